The molecular formula is C37H37F3N8O3. The van der Waals surface area contributed by atoms with E-state index < -0.39 is 12.0 Å². The van der Waals surface area contributed by atoms with E-state index in [0.29, 0.717) is 54.3 Å². The lowest BCUT2D eigenvalue weighted by Crippen LogP contribution is -2.67. The van der Waals surface area contributed by atoms with Crippen molar-refractivity contribution in [2.45, 2.75) is 30.7 Å². The van der Waals surface area contributed by atoms with E-state index in [-0.39, 0.29) is 41.9 Å². The Balaban J connectivity index is 1.29. The van der Waals surface area contributed by atoms with Crippen molar-refractivity contribution in [3.8, 4) is 17.2 Å². The number of aromatic nitrogens is 5. The van der Waals surface area contributed by atoms with Gasteiger partial charge >= 0.3 is 6.18 Å². The molecule has 2 saturated heterocycles. The number of methoxy groups -OCH3 is 2. The Labute approximate surface area is 293 Å². The number of ether oxygens (including phenoxy) is 2. The van der Waals surface area contributed by atoms with E-state index in [4.69, 9.17) is 9.47 Å². The van der Waals surface area contributed by atoms with E-state index in [2.05, 4.69) is 54.6 Å². The summed E-state index contributed by atoms with van der Waals surface area (Å²) in [5, 5.41) is 10.2. The smallest absolute Gasteiger partial charge is 0.453 e. The fraction of sp³-hybridized carbons (Fsp3) is 0.324. The molecule has 11 nitrogen and oxygen atoms in total. The summed E-state index contributed by atoms with van der Waals surface area (Å²) in [6, 6.07) is 27.3. The van der Waals surface area contributed by atoms with Crippen molar-refractivity contribution < 1.29 is 27.4 Å². The average molecular weight is 699 g/mol. The van der Waals surface area contributed by atoms with Crippen molar-refractivity contribution >= 4 is 5.91 Å². The molecule has 1 unspecified atom stereocenters. The second kappa shape index (κ2) is 14.5. The third kappa shape index (κ3) is 6.88. The lowest BCUT2D eigenvalue weighted by Gasteiger charge is -2.53. The first-order chi connectivity index (χ1) is 24.8. The predicted octanol–water partition coefficient (Wildman–Crippen LogP) is 4.94. The van der Waals surface area contributed by atoms with Crippen LogP contribution in [0.4, 0.5) is 13.2 Å². The molecule has 2 aliphatic rings. The highest BCUT2D eigenvalue weighted by Crippen LogP contribution is 2.40. The highest BCUT2D eigenvalue weighted by Gasteiger charge is 2.44. The lowest BCUT2D eigenvalue weighted by molar-refractivity contribution is -0.146. The average Bonchev–Trinajstić information content (AvgIpc) is 3.67. The quantitative estimate of drug-likeness (QED) is 0.212. The van der Waals surface area contributed by atoms with Crippen LogP contribution in [0.1, 0.15) is 38.8 Å². The van der Waals surface area contributed by atoms with Gasteiger partial charge in [0.2, 0.25) is 0 Å². The summed E-state index contributed by atoms with van der Waals surface area (Å²) >= 11 is 0. The molecule has 0 radical (unpaired) electrons. The van der Waals surface area contributed by atoms with Gasteiger partial charge in [-0.1, -0.05) is 60.7 Å². The van der Waals surface area contributed by atoms with Crippen molar-refractivity contribution in [3.63, 3.8) is 0 Å². The Bertz CT molecular complexity index is 1910. The van der Waals surface area contributed by atoms with Gasteiger partial charge in [0.05, 0.1) is 25.3 Å². The lowest BCUT2D eigenvalue weighted by atomic mass is 9.81. The highest BCUT2D eigenvalue weighted by molar-refractivity contribution is 5.94. The molecule has 14 heteroatoms. The number of pyridine rings is 1. The number of amides is 1. The zero-order valence-electron chi connectivity index (χ0n) is 28.1. The highest BCUT2D eigenvalue weighted by atomic mass is 19.4. The molecule has 0 spiro atoms. The minimum absolute atomic E-state index is 0.0102. The first-order valence-electron chi connectivity index (χ1n) is 16.6. The summed E-state index contributed by atoms with van der Waals surface area (Å²) in [5.74, 6) is -0.720. The molecule has 2 atom stereocenters. The van der Waals surface area contributed by atoms with Gasteiger partial charge in [0, 0.05) is 69.7 Å². The van der Waals surface area contributed by atoms with Gasteiger partial charge in [0.15, 0.2) is 5.75 Å². The minimum atomic E-state index is -4.79. The maximum atomic E-state index is 13.9. The van der Waals surface area contributed by atoms with E-state index >= 15 is 0 Å². The topological polar surface area (TPSA) is 102 Å². The van der Waals surface area contributed by atoms with Crippen LogP contribution in [0.25, 0.3) is 5.69 Å². The molecule has 0 N–H and O–H groups in total. The number of alkyl halides is 3. The molecule has 51 heavy (non-hydrogen) atoms. The number of tetrazole rings is 1. The Hall–Kier alpha value is -5.34. The molecule has 2 fully saturated rings. The second-order valence-corrected chi connectivity index (χ2v) is 12.7. The monoisotopic (exact) mass is 698 g/mol. The van der Waals surface area contributed by atoms with Crippen LogP contribution in [-0.4, -0.2) is 105 Å². The number of fused-ring (bicyclic) bond motifs is 1. The summed E-state index contributed by atoms with van der Waals surface area (Å²) in [4.78, 5) is 24.5. The third-order valence-corrected chi connectivity index (χ3v) is 9.72. The molecular weight excluding hydrogens is 661 g/mol. The van der Waals surface area contributed by atoms with Gasteiger partial charge < -0.3 is 14.4 Å². The second-order valence-electron chi connectivity index (χ2n) is 12.7. The van der Waals surface area contributed by atoms with E-state index in [0.717, 1.165) is 0 Å². The van der Waals surface area contributed by atoms with Gasteiger partial charge in [-0.2, -0.15) is 17.9 Å². The van der Waals surface area contributed by atoms with Gasteiger partial charge in [-0.15, -0.1) is 5.10 Å². The maximum Gasteiger partial charge on any atom is 0.453 e. The van der Waals surface area contributed by atoms with Gasteiger partial charge in [0.1, 0.15) is 11.4 Å². The van der Waals surface area contributed by atoms with Crippen LogP contribution in [0.15, 0.2) is 97.3 Å². The van der Waals surface area contributed by atoms with Crippen molar-refractivity contribution in [1.29, 1.82) is 0 Å². The van der Waals surface area contributed by atoms with Crippen LogP contribution in [0, 0.1) is 0 Å². The molecule has 1 amide bonds. The largest absolute Gasteiger partial charge is 0.496 e. The normalized spacial score (nSPS) is 18.4. The first kappa shape index (κ1) is 34.1. The van der Waals surface area contributed by atoms with Crippen molar-refractivity contribution in [1.82, 2.24) is 39.9 Å². The Morgan fingerprint density at radius 1 is 0.882 bits per heavy atom. The molecule has 2 aliphatic heterocycles. The Kier molecular flexibility index (Phi) is 9.69. The number of rotatable bonds is 9. The zero-order chi connectivity index (χ0) is 35.5. The van der Waals surface area contributed by atoms with Gasteiger partial charge in [0.25, 0.3) is 11.7 Å². The fourth-order valence-electron chi connectivity index (χ4n) is 7.53. The van der Waals surface area contributed by atoms with E-state index in [1.165, 1.54) is 31.4 Å². The first-order valence-corrected chi connectivity index (χ1v) is 16.6. The molecule has 4 heterocycles. The molecule has 7 rings (SSSR count). The molecule has 0 bridgehead atoms. The molecule has 0 saturated carbocycles. The third-order valence-electron chi connectivity index (χ3n) is 9.72. The molecule has 264 valence electrons. The van der Waals surface area contributed by atoms with Crippen LogP contribution in [0.3, 0.4) is 0 Å². The van der Waals surface area contributed by atoms with E-state index in [1.54, 1.807) is 30.6 Å². The van der Waals surface area contributed by atoms with Crippen molar-refractivity contribution in [2.75, 3.05) is 46.9 Å². The number of hydrogen-bond acceptors (Lipinski definition) is 9. The number of carbonyl (C=O) groups is 1. The zero-order valence-corrected chi connectivity index (χ0v) is 28.1. The Morgan fingerprint density at radius 3 is 2.24 bits per heavy atom. The molecule has 0 aliphatic carbocycles. The van der Waals surface area contributed by atoms with Crippen LogP contribution in [-0.2, 0) is 12.7 Å². The van der Waals surface area contributed by atoms with Gasteiger partial charge in [-0.25, -0.2) is 0 Å². The molecule has 3 aromatic carbocycles. The van der Waals surface area contributed by atoms with Gasteiger partial charge in [-0.3, -0.25) is 19.6 Å². The summed E-state index contributed by atoms with van der Waals surface area (Å²) in [6.07, 6.45) is -1.56. The predicted molar refractivity (Wildman–Crippen MR) is 182 cm³/mol. The van der Waals surface area contributed by atoms with E-state index in [1.807, 2.05) is 41.3 Å². The van der Waals surface area contributed by atoms with Crippen molar-refractivity contribution in [2.24, 2.45) is 0 Å². The number of benzene rings is 3. The fourth-order valence-corrected chi connectivity index (χ4v) is 7.53. The number of piperazine rings is 2. The summed E-state index contributed by atoms with van der Waals surface area (Å²) in [5.41, 5.74) is 3.47. The van der Waals surface area contributed by atoms with E-state index in [9.17, 15) is 18.0 Å². The summed E-state index contributed by atoms with van der Waals surface area (Å²) < 4.78 is 53.9. The Morgan fingerprint density at radius 2 is 1.61 bits per heavy atom. The van der Waals surface area contributed by atoms with Crippen LogP contribution in [0.5, 0.6) is 11.5 Å². The summed E-state index contributed by atoms with van der Waals surface area (Å²) in [6.45, 7) is 3.22. The number of hydrogen-bond donors (Lipinski definition) is 0. The SMILES string of the molecule is COc1ccc(-n2nnnc2C(F)(F)F)c(OC)c1CN1CC(C(c2ccccc2)c2ccccc2)N2CCN(C(=O)c3cccnc3)C[C@H]2C1. The number of nitrogens with zero attached hydrogens (tertiary/aromatic N) is 8. The summed E-state index contributed by atoms with van der Waals surface area (Å²) in [7, 11) is 2.92. The molecule has 5 aromatic rings. The standard InChI is InChI=1S/C37H37F3N8O3/c1-50-32-16-15-30(48-36(37(38,39)40)42-43-44-48)34(51-2)29(32)23-45-21-28-22-46(35(49)27-14-9-17-41-20-27)18-19-47(28)31(24-45)33(25-10-5-3-6-11-25)26-12-7-4-8-13-26/h3-17,20,28,31,33H,18-19,21-24H2,1-2H3/t28-,31?/m1/s1. The van der Waals surface area contributed by atoms with Gasteiger partial charge in [-0.05, 0) is 45.8 Å². The molecule has 2 aromatic heterocycles. The maximum absolute atomic E-state index is 13.9. The van der Waals surface area contributed by atoms with Crippen LogP contribution >= 0.6 is 0 Å². The van der Waals surface area contributed by atoms with Crippen LogP contribution in [0.2, 0.25) is 0 Å². The van der Waals surface area contributed by atoms with Crippen LogP contribution < -0.4 is 9.47 Å². The number of halogens is 3. The number of carbonyl (C=O) groups excluding carboxylic acids is 1. The minimum Gasteiger partial charge on any atom is -0.496 e. The van der Waals surface area contributed by atoms with Crippen molar-refractivity contribution in [3.05, 3.63) is 125 Å².